The Morgan fingerprint density at radius 1 is 1.07 bits per heavy atom. The van der Waals surface area contributed by atoms with Gasteiger partial charge in [0.15, 0.2) is 0 Å². The Morgan fingerprint density at radius 2 is 1.78 bits per heavy atom. The first-order chi connectivity index (χ1) is 12.8. The van der Waals surface area contributed by atoms with E-state index in [1.165, 1.54) is 42.8 Å². The van der Waals surface area contributed by atoms with Gasteiger partial charge in [-0.1, -0.05) is 25.8 Å². The molecule has 2 aromatic rings. The van der Waals surface area contributed by atoms with E-state index in [2.05, 4.69) is 17.0 Å². The molecule has 0 radical (unpaired) electrons. The molecule has 27 heavy (non-hydrogen) atoms. The number of benzene rings is 2. The van der Waals surface area contributed by atoms with E-state index in [-0.39, 0.29) is 22.5 Å². The van der Waals surface area contributed by atoms with Crippen molar-refractivity contribution < 1.29 is 17.6 Å². The molecule has 0 aromatic heterocycles. The molecule has 2 atom stereocenters. The van der Waals surface area contributed by atoms with Crippen molar-refractivity contribution in [2.24, 2.45) is 5.92 Å². The second-order valence-electron chi connectivity index (χ2n) is 6.98. The number of halogens is 1. The number of sulfonamides is 1. The number of amides is 1. The van der Waals surface area contributed by atoms with Crippen LogP contribution in [0.5, 0.6) is 0 Å². The van der Waals surface area contributed by atoms with Crippen LogP contribution < -0.4 is 10.0 Å². The van der Waals surface area contributed by atoms with E-state index in [1.54, 1.807) is 12.1 Å². The average Bonchev–Trinajstić information content (AvgIpc) is 2.65. The Balaban J connectivity index is 1.75. The van der Waals surface area contributed by atoms with Crippen LogP contribution >= 0.6 is 0 Å². The molecule has 0 spiro atoms. The van der Waals surface area contributed by atoms with Crippen LogP contribution in [0.2, 0.25) is 0 Å². The number of nitrogens with one attached hydrogen (secondary N) is 2. The molecular weight excluding hydrogens is 367 g/mol. The normalized spacial score (nSPS) is 20.1. The highest BCUT2D eigenvalue weighted by Crippen LogP contribution is 2.24. The van der Waals surface area contributed by atoms with Gasteiger partial charge in [-0.05, 0) is 61.2 Å². The van der Waals surface area contributed by atoms with E-state index < -0.39 is 15.8 Å². The molecule has 1 aliphatic rings. The Kier molecular flexibility index (Phi) is 5.79. The predicted molar refractivity (Wildman–Crippen MR) is 103 cm³/mol. The summed E-state index contributed by atoms with van der Waals surface area (Å²) in [7, 11) is -3.88. The summed E-state index contributed by atoms with van der Waals surface area (Å²) in [6, 6.07) is 11.1. The molecule has 1 amide bonds. The smallest absolute Gasteiger partial charge is 0.261 e. The van der Waals surface area contributed by atoms with Crippen molar-refractivity contribution in [2.45, 2.75) is 43.5 Å². The summed E-state index contributed by atoms with van der Waals surface area (Å²) in [5.74, 6) is -0.309. The maximum Gasteiger partial charge on any atom is 0.261 e. The van der Waals surface area contributed by atoms with Gasteiger partial charge in [-0.25, -0.2) is 12.8 Å². The standard InChI is InChI=1S/C20H23FN2O3S/c1-14-5-2-3-8-19(14)22-20(24)15-6-4-7-18(13-15)27(25,26)23-17-11-9-16(21)10-12-17/h4,6-7,9-14,19,23H,2-3,5,8H2,1H3,(H,22,24)/t14-,19-/m1/s1. The van der Waals surface area contributed by atoms with Crippen molar-refractivity contribution >= 4 is 21.6 Å². The van der Waals surface area contributed by atoms with E-state index >= 15 is 0 Å². The summed E-state index contributed by atoms with van der Waals surface area (Å²) in [5.41, 5.74) is 0.553. The first kappa shape index (κ1) is 19.4. The third-order valence-electron chi connectivity index (χ3n) is 4.93. The number of carbonyl (C=O) groups is 1. The van der Waals surface area contributed by atoms with Gasteiger partial charge in [-0.15, -0.1) is 0 Å². The lowest BCUT2D eigenvalue weighted by Gasteiger charge is -2.29. The van der Waals surface area contributed by atoms with Crippen LogP contribution in [0.25, 0.3) is 0 Å². The Labute approximate surface area is 159 Å². The summed E-state index contributed by atoms with van der Waals surface area (Å²) in [4.78, 5) is 12.5. The zero-order valence-corrected chi connectivity index (χ0v) is 15.9. The second kappa shape index (κ2) is 8.08. The van der Waals surface area contributed by atoms with Crippen molar-refractivity contribution in [2.75, 3.05) is 4.72 Å². The molecule has 0 saturated heterocycles. The largest absolute Gasteiger partial charge is 0.349 e. The quantitative estimate of drug-likeness (QED) is 0.812. The van der Waals surface area contributed by atoms with E-state index in [1.807, 2.05) is 0 Å². The van der Waals surface area contributed by atoms with Gasteiger partial charge in [0.05, 0.1) is 4.90 Å². The van der Waals surface area contributed by atoms with Gasteiger partial charge in [-0.3, -0.25) is 9.52 Å². The van der Waals surface area contributed by atoms with Crippen LogP contribution in [0.1, 0.15) is 43.0 Å². The van der Waals surface area contributed by atoms with E-state index in [0.717, 1.165) is 19.3 Å². The SMILES string of the molecule is C[C@@H]1CCCC[C@H]1NC(=O)c1cccc(S(=O)(=O)Nc2ccc(F)cc2)c1. The van der Waals surface area contributed by atoms with Crippen molar-refractivity contribution in [3.8, 4) is 0 Å². The van der Waals surface area contributed by atoms with Crippen molar-refractivity contribution in [1.29, 1.82) is 0 Å². The zero-order chi connectivity index (χ0) is 19.4. The second-order valence-corrected chi connectivity index (χ2v) is 8.66. The average molecular weight is 390 g/mol. The number of rotatable bonds is 5. The van der Waals surface area contributed by atoms with Crippen LogP contribution in [-0.2, 0) is 10.0 Å². The molecule has 144 valence electrons. The minimum Gasteiger partial charge on any atom is -0.349 e. The van der Waals surface area contributed by atoms with Crippen LogP contribution in [-0.4, -0.2) is 20.4 Å². The fraction of sp³-hybridized carbons (Fsp3) is 0.350. The number of anilines is 1. The molecule has 0 bridgehead atoms. The van der Waals surface area contributed by atoms with E-state index in [9.17, 15) is 17.6 Å². The van der Waals surface area contributed by atoms with Gasteiger partial charge in [-0.2, -0.15) is 0 Å². The van der Waals surface area contributed by atoms with Gasteiger partial charge in [0, 0.05) is 17.3 Å². The van der Waals surface area contributed by atoms with Crippen LogP contribution in [0.4, 0.5) is 10.1 Å². The van der Waals surface area contributed by atoms with Gasteiger partial charge in [0.1, 0.15) is 5.82 Å². The van der Waals surface area contributed by atoms with Crippen LogP contribution in [0.15, 0.2) is 53.4 Å². The summed E-state index contributed by atoms with van der Waals surface area (Å²) in [5, 5.41) is 3.02. The molecule has 2 aromatic carbocycles. The van der Waals surface area contributed by atoms with Crippen molar-refractivity contribution in [3.63, 3.8) is 0 Å². The molecule has 1 saturated carbocycles. The maximum absolute atomic E-state index is 13.0. The maximum atomic E-state index is 13.0. The highest BCUT2D eigenvalue weighted by molar-refractivity contribution is 7.92. The van der Waals surface area contributed by atoms with Gasteiger partial charge in [0.25, 0.3) is 15.9 Å². The molecule has 3 rings (SSSR count). The highest BCUT2D eigenvalue weighted by Gasteiger charge is 2.24. The first-order valence-electron chi connectivity index (χ1n) is 9.04. The minimum absolute atomic E-state index is 0.0174. The molecule has 1 aliphatic carbocycles. The lowest BCUT2D eigenvalue weighted by Crippen LogP contribution is -2.41. The molecule has 5 nitrogen and oxygen atoms in total. The van der Waals surface area contributed by atoms with Crippen LogP contribution in [0, 0.1) is 11.7 Å². The molecule has 1 fully saturated rings. The molecule has 7 heteroatoms. The molecule has 0 aliphatic heterocycles. The van der Waals surface area contributed by atoms with Crippen molar-refractivity contribution in [3.05, 3.63) is 59.9 Å². The lowest BCUT2D eigenvalue weighted by atomic mass is 9.86. The molecule has 0 heterocycles. The molecule has 0 unspecified atom stereocenters. The third kappa shape index (κ3) is 4.86. The summed E-state index contributed by atoms with van der Waals surface area (Å²) in [6.45, 7) is 2.12. The Morgan fingerprint density at radius 3 is 2.48 bits per heavy atom. The number of carbonyl (C=O) groups excluding carboxylic acids is 1. The van der Waals surface area contributed by atoms with Gasteiger partial charge < -0.3 is 5.32 Å². The minimum atomic E-state index is -3.88. The highest BCUT2D eigenvalue weighted by atomic mass is 32.2. The fourth-order valence-corrected chi connectivity index (χ4v) is 4.42. The number of hydrogen-bond donors (Lipinski definition) is 2. The Hall–Kier alpha value is -2.41. The Bertz CT molecular complexity index is 913. The van der Waals surface area contributed by atoms with E-state index in [0.29, 0.717) is 11.5 Å². The van der Waals surface area contributed by atoms with Crippen molar-refractivity contribution in [1.82, 2.24) is 5.32 Å². The zero-order valence-electron chi connectivity index (χ0n) is 15.1. The topological polar surface area (TPSA) is 75.3 Å². The van der Waals surface area contributed by atoms with Crippen LogP contribution in [0.3, 0.4) is 0 Å². The first-order valence-corrected chi connectivity index (χ1v) is 10.5. The molecule has 2 N–H and O–H groups in total. The summed E-state index contributed by atoms with van der Waals surface area (Å²) < 4.78 is 40.5. The summed E-state index contributed by atoms with van der Waals surface area (Å²) >= 11 is 0. The monoisotopic (exact) mass is 390 g/mol. The lowest BCUT2D eigenvalue weighted by molar-refractivity contribution is 0.0910. The number of hydrogen-bond acceptors (Lipinski definition) is 3. The molecular formula is C20H23FN2O3S. The van der Waals surface area contributed by atoms with Gasteiger partial charge in [0.2, 0.25) is 0 Å². The van der Waals surface area contributed by atoms with E-state index in [4.69, 9.17) is 0 Å². The summed E-state index contributed by atoms with van der Waals surface area (Å²) in [6.07, 6.45) is 4.29. The fourth-order valence-electron chi connectivity index (χ4n) is 3.32. The predicted octanol–water partition coefficient (Wildman–Crippen LogP) is 3.94. The third-order valence-corrected chi connectivity index (χ3v) is 6.31. The van der Waals surface area contributed by atoms with Gasteiger partial charge >= 0.3 is 0 Å².